The van der Waals surface area contributed by atoms with Crippen molar-refractivity contribution < 1.29 is 9.26 Å². The molecule has 5 heteroatoms. The van der Waals surface area contributed by atoms with Crippen LogP contribution in [0.15, 0.2) is 4.52 Å². The lowest BCUT2D eigenvalue weighted by Gasteiger charge is -2.03. The Labute approximate surface area is 69.9 Å². The van der Waals surface area contributed by atoms with Gasteiger partial charge < -0.3 is 15.0 Å². The van der Waals surface area contributed by atoms with Crippen molar-refractivity contribution in [1.82, 2.24) is 10.1 Å². The fourth-order valence-electron chi connectivity index (χ4n) is 1.35. The maximum Gasteiger partial charge on any atom is 0.260 e. The van der Waals surface area contributed by atoms with Crippen LogP contribution in [0.4, 0.5) is 5.95 Å². The third-order valence-electron chi connectivity index (χ3n) is 1.91. The predicted molar refractivity (Wildman–Crippen MR) is 41.4 cm³/mol. The molecule has 0 amide bonds. The van der Waals surface area contributed by atoms with Crippen molar-refractivity contribution in [2.45, 2.75) is 25.4 Å². The topological polar surface area (TPSA) is 74.2 Å². The Balaban J connectivity index is 1.94. The van der Waals surface area contributed by atoms with E-state index in [0.29, 0.717) is 12.3 Å². The number of rotatable bonds is 2. The molecule has 0 bridgehead atoms. The van der Waals surface area contributed by atoms with Gasteiger partial charge in [-0.25, -0.2) is 0 Å². The molecule has 0 spiro atoms. The molecule has 5 nitrogen and oxygen atoms in total. The smallest absolute Gasteiger partial charge is 0.260 e. The first kappa shape index (κ1) is 7.54. The van der Waals surface area contributed by atoms with Crippen LogP contribution in [0.5, 0.6) is 0 Å². The van der Waals surface area contributed by atoms with Crippen LogP contribution >= 0.6 is 0 Å². The molecular weight excluding hydrogens is 158 g/mol. The summed E-state index contributed by atoms with van der Waals surface area (Å²) in [7, 11) is 0. The largest absolute Gasteiger partial charge is 0.378 e. The van der Waals surface area contributed by atoms with Crippen molar-refractivity contribution in [3.63, 3.8) is 0 Å². The third-order valence-corrected chi connectivity index (χ3v) is 1.91. The van der Waals surface area contributed by atoms with Gasteiger partial charge in [0.25, 0.3) is 5.95 Å². The first-order chi connectivity index (χ1) is 5.84. The standard InChI is InChI=1S/C7H11N3O2/c8-7-9-6(12-10-7)4-5-2-1-3-11-5/h5H,1-4H2,(H2,8,10). The zero-order valence-electron chi connectivity index (χ0n) is 6.69. The highest BCUT2D eigenvalue weighted by molar-refractivity contribution is 5.10. The Morgan fingerprint density at radius 1 is 1.58 bits per heavy atom. The van der Waals surface area contributed by atoms with Crippen molar-refractivity contribution in [1.29, 1.82) is 0 Å². The molecule has 1 fully saturated rings. The molecule has 2 rings (SSSR count). The minimum absolute atomic E-state index is 0.197. The number of aromatic nitrogens is 2. The van der Waals surface area contributed by atoms with Crippen LogP contribution in [0.2, 0.25) is 0 Å². The van der Waals surface area contributed by atoms with E-state index in [0.717, 1.165) is 19.4 Å². The number of nitrogen functional groups attached to an aromatic ring is 1. The molecule has 1 aromatic rings. The van der Waals surface area contributed by atoms with Crippen molar-refractivity contribution >= 4 is 5.95 Å². The number of nitrogens with zero attached hydrogens (tertiary/aromatic N) is 2. The van der Waals surface area contributed by atoms with Crippen molar-refractivity contribution in [3.8, 4) is 0 Å². The number of ether oxygens (including phenoxy) is 1. The maximum absolute atomic E-state index is 5.40. The molecule has 0 aromatic carbocycles. The van der Waals surface area contributed by atoms with Gasteiger partial charge in [-0.1, -0.05) is 0 Å². The Morgan fingerprint density at radius 3 is 3.08 bits per heavy atom. The molecule has 2 N–H and O–H groups in total. The summed E-state index contributed by atoms with van der Waals surface area (Å²) in [4.78, 5) is 3.89. The Morgan fingerprint density at radius 2 is 2.50 bits per heavy atom. The highest BCUT2D eigenvalue weighted by atomic mass is 16.5. The fourth-order valence-corrected chi connectivity index (χ4v) is 1.35. The van der Waals surface area contributed by atoms with Gasteiger partial charge in [0.2, 0.25) is 5.89 Å². The summed E-state index contributed by atoms with van der Waals surface area (Å²) in [6, 6.07) is 0. The number of hydrogen-bond donors (Lipinski definition) is 1. The van der Waals surface area contributed by atoms with E-state index in [1.807, 2.05) is 0 Å². The van der Waals surface area contributed by atoms with Gasteiger partial charge >= 0.3 is 0 Å². The molecule has 1 aliphatic heterocycles. The lowest BCUT2D eigenvalue weighted by atomic mass is 10.2. The molecular formula is C7H11N3O2. The van der Waals surface area contributed by atoms with Crippen LogP contribution in [-0.2, 0) is 11.2 Å². The molecule has 1 aromatic heterocycles. The summed E-state index contributed by atoms with van der Waals surface area (Å²) in [5.74, 6) is 0.766. The van der Waals surface area contributed by atoms with E-state index >= 15 is 0 Å². The lowest BCUT2D eigenvalue weighted by Crippen LogP contribution is -2.08. The summed E-state index contributed by atoms with van der Waals surface area (Å²) in [5, 5.41) is 3.49. The summed E-state index contributed by atoms with van der Waals surface area (Å²) >= 11 is 0. The second kappa shape index (κ2) is 3.10. The average Bonchev–Trinajstić information content (AvgIpc) is 2.63. The van der Waals surface area contributed by atoms with Crippen molar-refractivity contribution in [2.24, 2.45) is 0 Å². The highest BCUT2D eigenvalue weighted by Gasteiger charge is 2.18. The average molecular weight is 169 g/mol. The van der Waals surface area contributed by atoms with Gasteiger partial charge in [-0.15, -0.1) is 0 Å². The monoisotopic (exact) mass is 169 g/mol. The van der Waals surface area contributed by atoms with Crippen LogP contribution in [-0.4, -0.2) is 22.9 Å². The first-order valence-corrected chi connectivity index (χ1v) is 4.04. The maximum atomic E-state index is 5.40. The number of hydrogen-bond acceptors (Lipinski definition) is 5. The SMILES string of the molecule is Nc1noc(CC2CCCO2)n1. The van der Waals surface area contributed by atoms with Crippen LogP contribution in [0, 0.1) is 0 Å². The van der Waals surface area contributed by atoms with Crippen LogP contribution < -0.4 is 5.73 Å². The van der Waals surface area contributed by atoms with Crippen LogP contribution in [0.1, 0.15) is 18.7 Å². The molecule has 0 saturated carbocycles. The van der Waals surface area contributed by atoms with E-state index in [1.54, 1.807) is 0 Å². The van der Waals surface area contributed by atoms with Gasteiger partial charge in [-0.05, 0) is 18.0 Å². The molecule has 66 valence electrons. The molecule has 1 atom stereocenters. The Hall–Kier alpha value is -1.10. The second-order valence-corrected chi connectivity index (χ2v) is 2.89. The molecule has 2 heterocycles. The summed E-state index contributed by atoms with van der Waals surface area (Å²) in [6.45, 7) is 0.842. The molecule has 0 radical (unpaired) electrons. The highest BCUT2D eigenvalue weighted by Crippen LogP contribution is 2.16. The zero-order valence-corrected chi connectivity index (χ0v) is 6.69. The van der Waals surface area contributed by atoms with Crippen molar-refractivity contribution in [2.75, 3.05) is 12.3 Å². The normalized spacial score (nSPS) is 23.2. The van der Waals surface area contributed by atoms with Crippen molar-refractivity contribution in [3.05, 3.63) is 5.89 Å². The number of anilines is 1. The van der Waals surface area contributed by atoms with Gasteiger partial charge in [-0.2, -0.15) is 4.98 Å². The van der Waals surface area contributed by atoms with Gasteiger partial charge in [-0.3, -0.25) is 0 Å². The van der Waals surface area contributed by atoms with Crippen LogP contribution in [0.25, 0.3) is 0 Å². The molecule has 12 heavy (non-hydrogen) atoms. The third kappa shape index (κ3) is 1.55. The summed E-state index contributed by atoms with van der Waals surface area (Å²) in [5.41, 5.74) is 5.30. The molecule has 1 unspecified atom stereocenters. The van der Waals surface area contributed by atoms with E-state index in [4.69, 9.17) is 15.0 Å². The first-order valence-electron chi connectivity index (χ1n) is 4.04. The van der Waals surface area contributed by atoms with E-state index in [9.17, 15) is 0 Å². The van der Waals surface area contributed by atoms with Crippen LogP contribution in [0.3, 0.4) is 0 Å². The Kier molecular flexibility index (Phi) is 1.95. The Bertz CT molecular complexity index is 255. The summed E-state index contributed by atoms with van der Waals surface area (Å²) in [6.07, 6.45) is 3.12. The van der Waals surface area contributed by atoms with Gasteiger partial charge in [0.15, 0.2) is 0 Å². The second-order valence-electron chi connectivity index (χ2n) is 2.89. The fraction of sp³-hybridized carbons (Fsp3) is 0.714. The van der Waals surface area contributed by atoms with Gasteiger partial charge in [0.05, 0.1) is 12.5 Å². The van der Waals surface area contributed by atoms with Gasteiger partial charge in [0, 0.05) is 6.61 Å². The zero-order chi connectivity index (χ0) is 8.39. The minimum Gasteiger partial charge on any atom is -0.378 e. The van der Waals surface area contributed by atoms with E-state index in [2.05, 4.69) is 10.1 Å². The summed E-state index contributed by atoms with van der Waals surface area (Å²) < 4.78 is 10.3. The molecule has 1 aliphatic rings. The van der Waals surface area contributed by atoms with E-state index in [1.165, 1.54) is 0 Å². The predicted octanol–water partition coefficient (Wildman–Crippen LogP) is 0.373. The lowest BCUT2D eigenvalue weighted by molar-refractivity contribution is 0.104. The quantitative estimate of drug-likeness (QED) is 0.692. The molecule has 0 aliphatic carbocycles. The van der Waals surface area contributed by atoms with E-state index < -0.39 is 0 Å². The molecule has 1 saturated heterocycles. The number of nitrogens with two attached hydrogens (primary N) is 1. The van der Waals surface area contributed by atoms with Gasteiger partial charge in [0.1, 0.15) is 0 Å². The van der Waals surface area contributed by atoms with E-state index in [-0.39, 0.29) is 12.1 Å². The minimum atomic E-state index is 0.197.